The van der Waals surface area contributed by atoms with Gasteiger partial charge in [-0.2, -0.15) is 0 Å². The molecule has 1 rings (SSSR count). The van der Waals surface area contributed by atoms with E-state index >= 15 is 0 Å². The molecule has 102 valence electrons. The molecular weight excluding hydrogens is 288 g/mol. The van der Waals surface area contributed by atoms with Crippen molar-refractivity contribution in [1.82, 2.24) is 4.98 Å². The fourth-order valence-electron chi connectivity index (χ4n) is 1.58. The minimum atomic E-state index is -3.08. The summed E-state index contributed by atoms with van der Waals surface area (Å²) in [6, 6.07) is 0. The lowest BCUT2D eigenvalue weighted by molar-refractivity contribution is 0.593. The van der Waals surface area contributed by atoms with Gasteiger partial charge in [-0.25, -0.2) is 13.4 Å². The van der Waals surface area contributed by atoms with Crippen molar-refractivity contribution >= 4 is 38.4 Å². The number of aromatic nitrogens is 1. The van der Waals surface area contributed by atoms with Gasteiger partial charge in [-0.05, 0) is 12.3 Å². The third-order valence-electron chi connectivity index (χ3n) is 2.33. The monoisotopic (exact) mass is 306 g/mol. The summed E-state index contributed by atoms with van der Waals surface area (Å²) in [6.07, 6.45) is 0.618. The minimum Gasteiger partial charge on any atom is -0.389 e. The van der Waals surface area contributed by atoms with Gasteiger partial charge < -0.3 is 5.73 Å². The van der Waals surface area contributed by atoms with E-state index in [0.717, 1.165) is 10.6 Å². The Balaban J connectivity index is 3.06. The van der Waals surface area contributed by atoms with E-state index in [0.29, 0.717) is 11.4 Å². The molecule has 0 saturated carbocycles. The average Bonchev–Trinajstić information content (AvgIpc) is 2.60. The van der Waals surface area contributed by atoms with Gasteiger partial charge in [-0.1, -0.05) is 33.0 Å². The molecule has 1 heterocycles. The highest BCUT2D eigenvalue weighted by Gasteiger charge is 2.20. The van der Waals surface area contributed by atoms with Gasteiger partial charge in [0.2, 0.25) is 0 Å². The summed E-state index contributed by atoms with van der Waals surface area (Å²) in [5, 5.41) is 0.579. The van der Waals surface area contributed by atoms with Crippen LogP contribution in [-0.2, 0) is 15.6 Å². The molecule has 7 heteroatoms. The molecule has 0 aliphatic heterocycles. The molecule has 1 aromatic rings. The first-order chi connectivity index (χ1) is 8.26. The number of sulfone groups is 1. The third-order valence-corrected chi connectivity index (χ3v) is 5.69. The van der Waals surface area contributed by atoms with Crippen LogP contribution < -0.4 is 5.73 Å². The number of thiocarbonyl (C=S) groups is 1. The van der Waals surface area contributed by atoms with E-state index in [4.69, 9.17) is 18.0 Å². The van der Waals surface area contributed by atoms with E-state index in [9.17, 15) is 8.42 Å². The minimum absolute atomic E-state index is 0.0200. The first-order valence-corrected chi connectivity index (χ1v) is 8.81. The zero-order valence-corrected chi connectivity index (χ0v) is 13.2. The second kappa shape index (κ2) is 6.08. The first-order valence-electron chi connectivity index (χ1n) is 5.76. The quantitative estimate of drug-likeness (QED) is 0.816. The molecule has 1 aromatic heterocycles. The number of hydrogen-bond acceptors (Lipinski definition) is 5. The molecule has 0 fully saturated rings. The maximum Gasteiger partial charge on any atom is 0.156 e. The predicted molar refractivity (Wildman–Crippen MR) is 79.9 cm³/mol. The highest BCUT2D eigenvalue weighted by molar-refractivity contribution is 7.90. The standard InChI is InChI=1S/C11H18N2O2S3/c1-4-5-18(14,15)6-8-13-9(7(2)3)10(17-8)11(12)16/h7H,4-6H2,1-3H3,(H2,12,16). The van der Waals surface area contributed by atoms with E-state index in [-0.39, 0.29) is 22.4 Å². The van der Waals surface area contributed by atoms with Crippen LogP contribution in [0.15, 0.2) is 0 Å². The smallest absolute Gasteiger partial charge is 0.156 e. The van der Waals surface area contributed by atoms with Crippen LogP contribution in [-0.4, -0.2) is 24.1 Å². The molecule has 2 N–H and O–H groups in total. The molecule has 0 saturated heterocycles. The highest BCUT2D eigenvalue weighted by atomic mass is 32.2. The van der Waals surface area contributed by atoms with Crippen molar-refractivity contribution in [1.29, 1.82) is 0 Å². The van der Waals surface area contributed by atoms with Crippen LogP contribution in [0.3, 0.4) is 0 Å². The molecule has 0 bridgehead atoms. The topological polar surface area (TPSA) is 73.0 Å². The van der Waals surface area contributed by atoms with E-state index in [1.165, 1.54) is 11.3 Å². The predicted octanol–water partition coefficient (Wildman–Crippen LogP) is 2.23. The maximum atomic E-state index is 11.8. The number of rotatable bonds is 6. The van der Waals surface area contributed by atoms with Crippen LogP contribution in [0, 0.1) is 0 Å². The van der Waals surface area contributed by atoms with Crippen LogP contribution in [0.25, 0.3) is 0 Å². The van der Waals surface area contributed by atoms with E-state index < -0.39 is 9.84 Å². The van der Waals surface area contributed by atoms with Crippen molar-refractivity contribution < 1.29 is 8.42 Å². The van der Waals surface area contributed by atoms with Crippen LogP contribution in [0.4, 0.5) is 0 Å². The lowest BCUT2D eigenvalue weighted by Gasteiger charge is -2.02. The summed E-state index contributed by atoms with van der Waals surface area (Å²) >= 11 is 6.27. The molecule has 0 aliphatic rings. The number of nitrogens with zero attached hydrogens (tertiary/aromatic N) is 1. The molecule has 0 radical (unpaired) electrons. The lowest BCUT2D eigenvalue weighted by atomic mass is 10.1. The van der Waals surface area contributed by atoms with Gasteiger partial charge in [0, 0.05) is 0 Å². The van der Waals surface area contributed by atoms with Gasteiger partial charge >= 0.3 is 0 Å². The number of thiazole rings is 1. The van der Waals surface area contributed by atoms with Crippen molar-refractivity contribution in [3.05, 3.63) is 15.6 Å². The number of hydrogen-bond donors (Lipinski definition) is 1. The van der Waals surface area contributed by atoms with E-state index in [2.05, 4.69) is 4.98 Å². The summed E-state index contributed by atoms with van der Waals surface area (Å²) < 4.78 is 23.5. The fraction of sp³-hybridized carbons (Fsp3) is 0.636. The first kappa shape index (κ1) is 15.5. The molecule has 4 nitrogen and oxygen atoms in total. The van der Waals surface area contributed by atoms with Gasteiger partial charge in [0.25, 0.3) is 0 Å². The Kier molecular flexibility index (Phi) is 5.24. The fourth-order valence-corrected chi connectivity index (χ4v) is 4.66. The van der Waals surface area contributed by atoms with Crippen LogP contribution in [0.1, 0.15) is 48.7 Å². The van der Waals surface area contributed by atoms with Gasteiger partial charge in [-0.3, -0.25) is 0 Å². The van der Waals surface area contributed by atoms with Gasteiger partial charge in [0.05, 0.1) is 16.3 Å². The summed E-state index contributed by atoms with van der Waals surface area (Å²) in [6.45, 7) is 5.82. The van der Waals surface area contributed by atoms with Gasteiger partial charge in [-0.15, -0.1) is 11.3 Å². The second-order valence-electron chi connectivity index (χ2n) is 4.43. The Labute approximate surface area is 118 Å². The molecular formula is C11H18N2O2S3. The Morgan fingerprint density at radius 1 is 1.50 bits per heavy atom. The largest absolute Gasteiger partial charge is 0.389 e. The second-order valence-corrected chi connectivity index (χ2v) is 8.14. The highest BCUT2D eigenvalue weighted by Crippen LogP contribution is 2.26. The molecule has 18 heavy (non-hydrogen) atoms. The van der Waals surface area contributed by atoms with Crippen molar-refractivity contribution in [2.75, 3.05) is 5.75 Å². The number of nitrogens with two attached hydrogens (primary N) is 1. The van der Waals surface area contributed by atoms with Crippen molar-refractivity contribution in [2.24, 2.45) is 5.73 Å². The van der Waals surface area contributed by atoms with E-state index in [1.54, 1.807) is 0 Å². The summed E-state index contributed by atoms with van der Waals surface area (Å²) in [7, 11) is -3.08. The zero-order chi connectivity index (χ0) is 13.9. The van der Waals surface area contributed by atoms with Crippen molar-refractivity contribution in [3.63, 3.8) is 0 Å². The van der Waals surface area contributed by atoms with Gasteiger partial charge in [0.15, 0.2) is 9.84 Å². The normalized spacial score (nSPS) is 12.0. The maximum absolute atomic E-state index is 11.8. The Bertz CT molecular complexity index is 532. The third kappa shape index (κ3) is 4.00. The van der Waals surface area contributed by atoms with Crippen LogP contribution >= 0.6 is 23.6 Å². The molecule has 0 atom stereocenters. The van der Waals surface area contributed by atoms with E-state index in [1.807, 2.05) is 20.8 Å². The Hall–Kier alpha value is -0.530. The van der Waals surface area contributed by atoms with Gasteiger partial charge in [0.1, 0.15) is 15.7 Å². The van der Waals surface area contributed by atoms with Crippen molar-refractivity contribution in [3.8, 4) is 0 Å². The summed E-state index contributed by atoms with van der Waals surface area (Å²) in [5.41, 5.74) is 6.44. The molecule has 0 aromatic carbocycles. The molecule has 0 aliphatic carbocycles. The van der Waals surface area contributed by atoms with Crippen molar-refractivity contribution in [2.45, 2.75) is 38.9 Å². The zero-order valence-electron chi connectivity index (χ0n) is 10.8. The molecule has 0 amide bonds. The average molecular weight is 306 g/mol. The summed E-state index contributed by atoms with van der Waals surface area (Å²) in [5.74, 6) is 0.347. The molecule has 0 spiro atoms. The summed E-state index contributed by atoms with van der Waals surface area (Å²) in [4.78, 5) is 5.40. The molecule has 0 unspecified atom stereocenters. The SMILES string of the molecule is CCCS(=O)(=O)Cc1nc(C(C)C)c(C(N)=S)s1. The lowest BCUT2D eigenvalue weighted by Crippen LogP contribution is -2.10. The van der Waals surface area contributed by atoms with Crippen LogP contribution in [0.5, 0.6) is 0 Å². The Morgan fingerprint density at radius 3 is 2.50 bits per heavy atom. The Morgan fingerprint density at radius 2 is 2.11 bits per heavy atom. The van der Waals surface area contributed by atoms with Crippen LogP contribution in [0.2, 0.25) is 0 Å².